The molecular formula is C15H20ClNOS. The van der Waals surface area contributed by atoms with E-state index in [0.29, 0.717) is 17.6 Å². The maximum absolute atomic E-state index is 12.2. The molecule has 1 aromatic carbocycles. The highest BCUT2D eigenvalue weighted by Gasteiger charge is 2.25. The highest BCUT2D eigenvalue weighted by molar-refractivity contribution is 8.00. The smallest absolute Gasteiger partial charge is 0.232 e. The monoisotopic (exact) mass is 297 g/mol. The summed E-state index contributed by atoms with van der Waals surface area (Å²) >= 11 is 7.43. The molecule has 0 aliphatic carbocycles. The second-order valence-corrected chi connectivity index (χ2v) is 6.97. The van der Waals surface area contributed by atoms with Crippen LogP contribution in [-0.2, 0) is 4.79 Å². The summed E-state index contributed by atoms with van der Waals surface area (Å²) in [4.78, 5) is 15.3. The van der Waals surface area contributed by atoms with Gasteiger partial charge in [0.1, 0.15) is 0 Å². The third kappa shape index (κ3) is 4.43. The molecule has 4 heteroatoms. The van der Waals surface area contributed by atoms with Crippen LogP contribution in [0.5, 0.6) is 0 Å². The van der Waals surface area contributed by atoms with Crippen molar-refractivity contribution in [2.75, 3.05) is 18.8 Å². The molecule has 1 amide bonds. The van der Waals surface area contributed by atoms with Crippen molar-refractivity contribution in [2.24, 2.45) is 11.8 Å². The highest BCUT2D eigenvalue weighted by Crippen LogP contribution is 2.24. The van der Waals surface area contributed by atoms with E-state index in [-0.39, 0.29) is 5.91 Å². The van der Waals surface area contributed by atoms with E-state index in [1.54, 1.807) is 11.8 Å². The van der Waals surface area contributed by atoms with Gasteiger partial charge in [0.05, 0.1) is 5.75 Å². The minimum absolute atomic E-state index is 0.248. The van der Waals surface area contributed by atoms with Crippen molar-refractivity contribution in [1.29, 1.82) is 0 Å². The van der Waals surface area contributed by atoms with Crippen LogP contribution in [0.15, 0.2) is 29.2 Å². The van der Waals surface area contributed by atoms with Crippen LogP contribution in [0.4, 0.5) is 0 Å². The minimum Gasteiger partial charge on any atom is -0.341 e. The lowest BCUT2D eigenvalue weighted by atomic mass is 9.92. The Morgan fingerprint density at radius 3 is 2.42 bits per heavy atom. The van der Waals surface area contributed by atoms with Crippen LogP contribution in [0.3, 0.4) is 0 Å². The summed E-state index contributed by atoms with van der Waals surface area (Å²) in [7, 11) is 0. The SMILES string of the molecule is CC1CC(C)CN(C(=O)CSc2ccc(Cl)cc2)C1. The van der Waals surface area contributed by atoms with Crippen molar-refractivity contribution in [3.8, 4) is 0 Å². The summed E-state index contributed by atoms with van der Waals surface area (Å²) < 4.78 is 0. The number of carbonyl (C=O) groups excluding carboxylic acids is 1. The molecule has 19 heavy (non-hydrogen) atoms. The third-order valence-corrected chi connectivity index (χ3v) is 4.65. The average Bonchev–Trinajstić information content (AvgIpc) is 2.36. The predicted molar refractivity (Wildman–Crippen MR) is 81.7 cm³/mol. The van der Waals surface area contributed by atoms with Gasteiger partial charge in [0.2, 0.25) is 5.91 Å². The lowest BCUT2D eigenvalue weighted by Gasteiger charge is -2.35. The predicted octanol–water partition coefficient (Wildman–Crippen LogP) is 3.94. The van der Waals surface area contributed by atoms with Gasteiger partial charge in [-0.25, -0.2) is 0 Å². The highest BCUT2D eigenvalue weighted by atomic mass is 35.5. The van der Waals surface area contributed by atoms with E-state index in [1.807, 2.05) is 29.2 Å². The normalized spacial score (nSPS) is 23.4. The molecule has 1 heterocycles. The molecule has 0 aromatic heterocycles. The van der Waals surface area contributed by atoms with E-state index >= 15 is 0 Å². The van der Waals surface area contributed by atoms with Gasteiger partial charge in [-0.1, -0.05) is 25.4 Å². The Morgan fingerprint density at radius 2 is 1.84 bits per heavy atom. The summed E-state index contributed by atoms with van der Waals surface area (Å²) in [5.74, 6) is 2.00. The molecule has 0 spiro atoms. The zero-order valence-corrected chi connectivity index (χ0v) is 13.0. The van der Waals surface area contributed by atoms with E-state index in [1.165, 1.54) is 6.42 Å². The fourth-order valence-electron chi connectivity index (χ4n) is 2.63. The molecule has 2 atom stereocenters. The number of hydrogen-bond donors (Lipinski definition) is 0. The molecule has 0 radical (unpaired) electrons. The molecule has 1 saturated heterocycles. The van der Waals surface area contributed by atoms with Crippen LogP contribution in [0, 0.1) is 11.8 Å². The minimum atomic E-state index is 0.248. The largest absolute Gasteiger partial charge is 0.341 e. The van der Waals surface area contributed by atoms with Gasteiger partial charge in [-0.2, -0.15) is 0 Å². The number of amides is 1. The Balaban J connectivity index is 1.85. The summed E-state index contributed by atoms with van der Waals surface area (Å²) in [6.07, 6.45) is 1.23. The maximum atomic E-state index is 12.2. The Bertz CT molecular complexity index is 424. The number of rotatable bonds is 3. The van der Waals surface area contributed by atoms with Crippen LogP contribution in [-0.4, -0.2) is 29.6 Å². The number of nitrogens with zero attached hydrogens (tertiary/aromatic N) is 1. The molecule has 0 N–H and O–H groups in total. The van der Waals surface area contributed by atoms with Crippen molar-refractivity contribution in [1.82, 2.24) is 4.90 Å². The van der Waals surface area contributed by atoms with Crippen LogP contribution < -0.4 is 0 Å². The molecule has 104 valence electrons. The van der Waals surface area contributed by atoms with E-state index < -0.39 is 0 Å². The Morgan fingerprint density at radius 1 is 1.26 bits per heavy atom. The number of benzene rings is 1. The topological polar surface area (TPSA) is 20.3 Å². The van der Waals surface area contributed by atoms with E-state index in [4.69, 9.17) is 11.6 Å². The molecule has 1 fully saturated rings. The fraction of sp³-hybridized carbons (Fsp3) is 0.533. The Kier molecular flexibility index (Phi) is 5.17. The van der Waals surface area contributed by atoms with Crippen molar-refractivity contribution in [2.45, 2.75) is 25.2 Å². The van der Waals surface area contributed by atoms with Crippen molar-refractivity contribution >= 4 is 29.3 Å². The molecule has 2 unspecified atom stereocenters. The second kappa shape index (κ2) is 6.67. The Hall–Kier alpha value is -0.670. The Labute approximate surface area is 124 Å². The quantitative estimate of drug-likeness (QED) is 0.788. The number of thioether (sulfide) groups is 1. The van der Waals surface area contributed by atoms with Crippen LogP contribution >= 0.6 is 23.4 Å². The lowest BCUT2D eigenvalue weighted by Crippen LogP contribution is -2.43. The fourth-order valence-corrected chi connectivity index (χ4v) is 3.56. The van der Waals surface area contributed by atoms with Gasteiger partial charge in [-0.15, -0.1) is 11.8 Å². The number of carbonyl (C=O) groups is 1. The van der Waals surface area contributed by atoms with Gasteiger partial charge in [0, 0.05) is 23.0 Å². The number of likely N-dealkylation sites (tertiary alicyclic amines) is 1. The molecule has 2 nitrogen and oxygen atoms in total. The first-order valence-corrected chi connectivity index (χ1v) is 8.07. The van der Waals surface area contributed by atoms with Gasteiger partial charge in [0.25, 0.3) is 0 Å². The molecule has 1 aliphatic heterocycles. The van der Waals surface area contributed by atoms with E-state index in [2.05, 4.69) is 13.8 Å². The zero-order valence-electron chi connectivity index (χ0n) is 11.4. The third-order valence-electron chi connectivity index (χ3n) is 3.40. The molecular weight excluding hydrogens is 278 g/mol. The van der Waals surface area contributed by atoms with Gasteiger partial charge in [-0.3, -0.25) is 4.79 Å². The zero-order chi connectivity index (χ0) is 13.8. The van der Waals surface area contributed by atoms with Crippen LogP contribution in [0.25, 0.3) is 0 Å². The van der Waals surface area contributed by atoms with Gasteiger partial charge >= 0.3 is 0 Å². The van der Waals surface area contributed by atoms with E-state index in [9.17, 15) is 4.79 Å². The molecule has 1 aromatic rings. The molecule has 0 bridgehead atoms. The lowest BCUT2D eigenvalue weighted by molar-refractivity contribution is -0.130. The second-order valence-electron chi connectivity index (χ2n) is 5.49. The van der Waals surface area contributed by atoms with E-state index in [0.717, 1.165) is 23.0 Å². The number of hydrogen-bond acceptors (Lipinski definition) is 2. The molecule has 1 aliphatic rings. The average molecular weight is 298 g/mol. The summed E-state index contributed by atoms with van der Waals surface area (Å²) in [6, 6.07) is 7.64. The first-order valence-electron chi connectivity index (χ1n) is 6.70. The van der Waals surface area contributed by atoms with Gasteiger partial charge in [-0.05, 0) is 42.5 Å². The first kappa shape index (κ1) is 14.7. The first-order chi connectivity index (χ1) is 9.04. The van der Waals surface area contributed by atoms with Crippen molar-refractivity contribution < 1.29 is 4.79 Å². The van der Waals surface area contributed by atoms with Crippen LogP contribution in [0.2, 0.25) is 5.02 Å². The summed E-state index contributed by atoms with van der Waals surface area (Å²) in [5.41, 5.74) is 0. The van der Waals surface area contributed by atoms with Gasteiger partial charge in [0.15, 0.2) is 0 Å². The van der Waals surface area contributed by atoms with Crippen LogP contribution in [0.1, 0.15) is 20.3 Å². The summed E-state index contributed by atoms with van der Waals surface area (Å²) in [5, 5.41) is 0.731. The number of piperidine rings is 1. The summed E-state index contributed by atoms with van der Waals surface area (Å²) in [6.45, 7) is 6.26. The van der Waals surface area contributed by atoms with Gasteiger partial charge < -0.3 is 4.90 Å². The van der Waals surface area contributed by atoms with Crippen molar-refractivity contribution in [3.63, 3.8) is 0 Å². The molecule has 2 rings (SSSR count). The maximum Gasteiger partial charge on any atom is 0.232 e. The molecule has 0 saturated carbocycles. The van der Waals surface area contributed by atoms with Crippen molar-refractivity contribution in [3.05, 3.63) is 29.3 Å². The number of halogens is 1. The standard InChI is InChI=1S/C15H20ClNOS/c1-11-7-12(2)9-17(8-11)15(18)10-19-14-5-3-13(16)4-6-14/h3-6,11-12H,7-10H2,1-2H3.